The Morgan fingerprint density at radius 2 is 1.33 bits per heavy atom. The molecule has 4 heteroatoms. The summed E-state index contributed by atoms with van der Waals surface area (Å²) >= 11 is 0. The number of nitrogens with zero attached hydrogens (tertiary/aromatic N) is 1. The summed E-state index contributed by atoms with van der Waals surface area (Å²) in [6.07, 6.45) is 0. The fourth-order valence-electron chi connectivity index (χ4n) is 7.99. The Bertz CT molecular complexity index is 2320. The van der Waals surface area contributed by atoms with Gasteiger partial charge in [0.1, 0.15) is 22.7 Å². The monoisotopic (exact) mass is 581 g/mol. The van der Waals surface area contributed by atoms with Crippen LogP contribution in [0.15, 0.2) is 126 Å². The van der Waals surface area contributed by atoms with Crippen LogP contribution in [0.3, 0.4) is 0 Å². The molecule has 0 unspecified atom stereocenters. The van der Waals surface area contributed by atoms with Gasteiger partial charge in [0, 0.05) is 33.2 Å². The van der Waals surface area contributed by atoms with Crippen LogP contribution < -0.4 is 26.0 Å². The number of hydrogen-bond acceptors (Lipinski definition) is 3. The summed E-state index contributed by atoms with van der Waals surface area (Å²) in [4.78, 5) is 2.37. The highest BCUT2D eigenvalue weighted by Gasteiger charge is 2.46. The Balaban J connectivity index is 1.28. The van der Waals surface area contributed by atoms with Crippen molar-refractivity contribution >= 4 is 62.1 Å². The number of aryl methyl sites for hydroxylation is 2. The lowest BCUT2D eigenvalue weighted by Gasteiger charge is -2.43. The minimum Gasteiger partial charge on any atom is -0.458 e. The average molecular weight is 582 g/mol. The normalized spacial score (nSPS) is 14.1. The van der Waals surface area contributed by atoms with E-state index in [2.05, 4.69) is 142 Å². The lowest BCUT2D eigenvalue weighted by molar-refractivity contribution is 0.484. The lowest BCUT2D eigenvalue weighted by atomic mass is 9.30. The Morgan fingerprint density at radius 3 is 2.20 bits per heavy atom. The summed E-state index contributed by atoms with van der Waals surface area (Å²) in [5.74, 6) is 1.93. The maximum absolute atomic E-state index is 6.56. The van der Waals surface area contributed by atoms with E-state index in [1.165, 1.54) is 38.6 Å². The van der Waals surface area contributed by atoms with Crippen molar-refractivity contribution in [3.05, 3.63) is 144 Å². The molecule has 216 valence electrons. The van der Waals surface area contributed by atoms with Crippen LogP contribution in [0.2, 0.25) is 0 Å². The van der Waals surface area contributed by atoms with Crippen LogP contribution in [-0.4, -0.2) is 6.71 Å². The molecule has 0 spiro atoms. The fraction of sp³-hybridized carbons (Fsp3) is 0.122. The van der Waals surface area contributed by atoms with Crippen molar-refractivity contribution < 1.29 is 9.15 Å². The maximum atomic E-state index is 6.56. The summed E-state index contributed by atoms with van der Waals surface area (Å²) in [7, 11) is 0. The van der Waals surface area contributed by atoms with Gasteiger partial charge in [-0.3, -0.25) is 0 Å². The van der Waals surface area contributed by atoms with Gasteiger partial charge in [0.15, 0.2) is 0 Å². The van der Waals surface area contributed by atoms with Crippen molar-refractivity contribution in [1.29, 1.82) is 0 Å². The van der Waals surface area contributed by atoms with E-state index in [0.29, 0.717) is 0 Å². The topological polar surface area (TPSA) is 25.6 Å². The molecule has 45 heavy (non-hydrogen) atoms. The summed E-state index contributed by atoms with van der Waals surface area (Å²) in [5.41, 5.74) is 14.1. The van der Waals surface area contributed by atoms with E-state index in [0.717, 1.165) is 50.5 Å². The molecule has 0 bridgehead atoms. The molecule has 0 amide bonds. The summed E-state index contributed by atoms with van der Waals surface area (Å²) in [6.45, 7) is 9.28. The molecule has 9 rings (SSSR count). The van der Waals surface area contributed by atoms with Crippen LogP contribution in [0, 0.1) is 13.8 Å². The first-order chi connectivity index (χ1) is 21.9. The molecular formula is C41H32BNO2. The third kappa shape index (κ3) is 3.78. The Hall–Kier alpha value is -5.22. The number of fused-ring (bicyclic) bond motifs is 7. The van der Waals surface area contributed by atoms with Gasteiger partial charge >= 0.3 is 0 Å². The molecule has 3 heterocycles. The van der Waals surface area contributed by atoms with Crippen molar-refractivity contribution in [3.8, 4) is 11.5 Å². The SMILES string of the molecule is Cc1ccc2c(c1)B1c3ccc(N(c4ccccc4)c4ccc5oc6ccccc6c5c4)cc3C(C)(C)c3c(C)ccc(c31)O2. The van der Waals surface area contributed by atoms with Crippen LogP contribution in [-0.2, 0) is 5.41 Å². The van der Waals surface area contributed by atoms with Crippen LogP contribution in [0.4, 0.5) is 17.1 Å². The smallest absolute Gasteiger partial charge is 0.251 e. The van der Waals surface area contributed by atoms with Gasteiger partial charge in [0.05, 0.1) is 0 Å². The van der Waals surface area contributed by atoms with E-state index in [4.69, 9.17) is 9.15 Å². The molecule has 6 aromatic carbocycles. The molecule has 0 N–H and O–H groups in total. The minimum absolute atomic E-state index is 0.120. The minimum atomic E-state index is -0.227. The van der Waals surface area contributed by atoms with Crippen LogP contribution >= 0.6 is 0 Å². The van der Waals surface area contributed by atoms with Crippen molar-refractivity contribution in [2.75, 3.05) is 4.90 Å². The van der Waals surface area contributed by atoms with E-state index < -0.39 is 0 Å². The van der Waals surface area contributed by atoms with Crippen LogP contribution in [0.5, 0.6) is 11.5 Å². The summed E-state index contributed by atoms with van der Waals surface area (Å²) in [6, 6.07) is 43.6. The van der Waals surface area contributed by atoms with Crippen molar-refractivity contribution in [1.82, 2.24) is 0 Å². The number of ether oxygens (including phenoxy) is 1. The van der Waals surface area contributed by atoms with E-state index in [-0.39, 0.29) is 12.1 Å². The Labute approximate surface area is 263 Å². The number of benzene rings is 6. The summed E-state index contributed by atoms with van der Waals surface area (Å²) < 4.78 is 12.8. The molecule has 0 atom stereocenters. The molecule has 0 aliphatic carbocycles. The second-order valence-corrected chi connectivity index (χ2v) is 13.1. The Morgan fingerprint density at radius 1 is 0.600 bits per heavy atom. The number of anilines is 3. The number of para-hydroxylation sites is 2. The first kappa shape index (κ1) is 26.2. The molecule has 3 nitrogen and oxygen atoms in total. The van der Waals surface area contributed by atoms with E-state index in [1.54, 1.807) is 0 Å². The van der Waals surface area contributed by atoms with Gasteiger partial charge in [-0.05, 0) is 102 Å². The Kier molecular flexibility index (Phi) is 5.47. The molecule has 1 aromatic heterocycles. The van der Waals surface area contributed by atoms with E-state index >= 15 is 0 Å². The lowest BCUT2D eigenvalue weighted by Crippen LogP contribution is -2.62. The van der Waals surface area contributed by atoms with Crippen molar-refractivity contribution in [2.24, 2.45) is 0 Å². The molecule has 2 aliphatic rings. The molecular weight excluding hydrogens is 549 g/mol. The standard InChI is InChI=1S/C41H32BNO2/c1-25-14-19-37-34(22-25)42-33-18-16-29(24-32(33)41(3,4)39-26(2)15-20-38(45-37)40(39)42)43(27-10-6-5-7-11-27)28-17-21-36-31(23-28)30-12-8-9-13-35(30)44-36/h5-24H,1-4H3. The van der Waals surface area contributed by atoms with Gasteiger partial charge in [-0.25, -0.2) is 0 Å². The molecule has 2 aliphatic heterocycles. The number of rotatable bonds is 3. The second kappa shape index (κ2) is 9.39. The zero-order valence-corrected chi connectivity index (χ0v) is 25.9. The van der Waals surface area contributed by atoms with Crippen molar-refractivity contribution in [3.63, 3.8) is 0 Å². The van der Waals surface area contributed by atoms with Gasteiger partial charge in [-0.2, -0.15) is 0 Å². The molecule has 0 saturated carbocycles. The second-order valence-electron chi connectivity index (χ2n) is 13.1. The van der Waals surface area contributed by atoms with E-state index in [9.17, 15) is 0 Å². The molecule has 0 fully saturated rings. The zero-order chi connectivity index (χ0) is 30.4. The molecule has 0 saturated heterocycles. The maximum Gasteiger partial charge on any atom is 0.251 e. The highest BCUT2D eigenvalue weighted by atomic mass is 16.5. The average Bonchev–Trinajstić information content (AvgIpc) is 3.42. The number of hydrogen-bond donors (Lipinski definition) is 0. The molecule has 0 radical (unpaired) electrons. The predicted octanol–water partition coefficient (Wildman–Crippen LogP) is 8.93. The highest BCUT2D eigenvalue weighted by molar-refractivity contribution is 6.98. The fourth-order valence-corrected chi connectivity index (χ4v) is 7.99. The van der Waals surface area contributed by atoms with Gasteiger partial charge < -0.3 is 14.1 Å². The number of furan rings is 1. The van der Waals surface area contributed by atoms with Crippen molar-refractivity contribution in [2.45, 2.75) is 33.1 Å². The predicted molar refractivity (Wildman–Crippen MR) is 188 cm³/mol. The third-order valence-electron chi connectivity index (χ3n) is 9.94. The van der Waals surface area contributed by atoms with Gasteiger partial charge in [-0.1, -0.05) is 85.5 Å². The highest BCUT2D eigenvalue weighted by Crippen LogP contribution is 2.44. The van der Waals surface area contributed by atoms with Crippen LogP contribution in [0.1, 0.15) is 36.1 Å². The largest absolute Gasteiger partial charge is 0.458 e. The quantitative estimate of drug-likeness (QED) is 0.195. The summed E-state index contributed by atoms with van der Waals surface area (Å²) in [5, 5.41) is 2.25. The molecule has 7 aromatic rings. The van der Waals surface area contributed by atoms with Gasteiger partial charge in [0.25, 0.3) is 6.71 Å². The first-order valence-electron chi connectivity index (χ1n) is 15.7. The third-order valence-corrected chi connectivity index (χ3v) is 9.94. The zero-order valence-electron chi connectivity index (χ0n) is 25.9. The van der Waals surface area contributed by atoms with Crippen LogP contribution in [0.25, 0.3) is 21.9 Å². The van der Waals surface area contributed by atoms with Gasteiger partial charge in [0.2, 0.25) is 0 Å². The van der Waals surface area contributed by atoms with E-state index in [1.807, 2.05) is 12.1 Å². The van der Waals surface area contributed by atoms with Gasteiger partial charge in [-0.15, -0.1) is 0 Å². The first-order valence-corrected chi connectivity index (χ1v) is 15.7.